The molecule has 2 atom stereocenters. The third-order valence-electron chi connectivity index (χ3n) is 4.45. The van der Waals surface area contributed by atoms with Crippen LogP contribution in [0, 0.1) is 5.92 Å². The van der Waals surface area contributed by atoms with Gasteiger partial charge in [-0.05, 0) is 23.3 Å². The molecule has 2 aromatic rings. The molecule has 1 saturated heterocycles. The van der Waals surface area contributed by atoms with Gasteiger partial charge in [-0.1, -0.05) is 42.5 Å². The molecule has 2 nitrogen and oxygen atoms in total. The van der Waals surface area contributed by atoms with Crippen molar-refractivity contribution in [3.8, 4) is 0 Å². The predicted molar refractivity (Wildman–Crippen MR) is 86.6 cm³/mol. The molecule has 24 heavy (non-hydrogen) atoms. The summed E-state index contributed by atoms with van der Waals surface area (Å²) in [5, 5.41) is 3.39. The van der Waals surface area contributed by atoms with Gasteiger partial charge in [-0.2, -0.15) is 13.2 Å². The van der Waals surface area contributed by atoms with Crippen molar-refractivity contribution in [2.45, 2.75) is 18.7 Å². The van der Waals surface area contributed by atoms with E-state index in [4.69, 9.17) is 4.74 Å². The Bertz CT molecular complexity index is 640. The molecule has 2 unspecified atom stereocenters. The number of rotatable bonds is 5. The molecule has 0 bridgehead atoms. The number of halogens is 3. The van der Waals surface area contributed by atoms with E-state index >= 15 is 0 Å². The van der Waals surface area contributed by atoms with Gasteiger partial charge in [0.25, 0.3) is 0 Å². The van der Waals surface area contributed by atoms with Crippen LogP contribution in [0.15, 0.2) is 54.6 Å². The molecule has 1 aliphatic heterocycles. The highest BCUT2D eigenvalue weighted by Gasteiger charge is 2.30. The van der Waals surface area contributed by atoms with Crippen molar-refractivity contribution in [1.82, 2.24) is 5.32 Å². The predicted octanol–water partition coefficient (Wildman–Crippen LogP) is 4.23. The molecule has 0 aliphatic carbocycles. The van der Waals surface area contributed by atoms with Crippen molar-refractivity contribution < 1.29 is 17.9 Å². The summed E-state index contributed by atoms with van der Waals surface area (Å²) in [5.74, 6) is 0.792. The molecule has 1 aliphatic rings. The lowest BCUT2D eigenvalue weighted by Gasteiger charge is -2.19. The Morgan fingerprint density at radius 1 is 0.958 bits per heavy atom. The van der Waals surface area contributed by atoms with Crippen LogP contribution >= 0.6 is 0 Å². The van der Waals surface area contributed by atoms with Crippen LogP contribution in [0.1, 0.15) is 22.6 Å². The fraction of sp³-hybridized carbons (Fsp3) is 0.368. The fourth-order valence-corrected chi connectivity index (χ4v) is 3.12. The van der Waals surface area contributed by atoms with Crippen LogP contribution in [0.25, 0.3) is 0 Å². The van der Waals surface area contributed by atoms with Crippen LogP contribution in [0.4, 0.5) is 13.2 Å². The van der Waals surface area contributed by atoms with E-state index in [0.29, 0.717) is 25.0 Å². The first-order valence-corrected chi connectivity index (χ1v) is 8.03. The van der Waals surface area contributed by atoms with E-state index in [0.717, 1.165) is 30.8 Å². The molecule has 5 heteroatoms. The summed E-state index contributed by atoms with van der Waals surface area (Å²) >= 11 is 0. The number of nitrogens with one attached hydrogen (secondary N) is 1. The van der Waals surface area contributed by atoms with Gasteiger partial charge in [0.05, 0.1) is 18.8 Å². The van der Waals surface area contributed by atoms with Crippen molar-refractivity contribution in [3.63, 3.8) is 0 Å². The van der Waals surface area contributed by atoms with Crippen LogP contribution in [0.2, 0.25) is 0 Å². The van der Waals surface area contributed by atoms with E-state index in [-0.39, 0.29) is 0 Å². The molecule has 128 valence electrons. The van der Waals surface area contributed by atoms with E-state index in [9.17, 15) is 13.2 Å². The number of ether oxygens (including phenoxy) is 1. The summed E-state index contributed by atoms with van der Waals surface area (Å²) in [6, 6.07) is 15.5. The van der Waals surface area contributed by atoms with Crippen LogP contribution in [-0.2, 0) is 17.5 Å². The van der Waals surface area contributed by atoms with Gasteiger partial charge in [-0.15, -0.1) is 0 Å². The summed E-state index contributed by atoms with van der Waals surface area (Å²) in [5.41, 5.74) is 1.42. The van der Waals surface area contributed by atoms with Crippen LogP contribution in [0.3, 0.4) is 0 Å². The van der Waals surface area contributed by atoms with E-state index in [1.54, 1.807) is 0 Å². The summed E-state index contributed by atoms with van der Waals surface area (Å²) in [6.45, 7) is 2.74. The van der Waals surface area contributed by atoms with Crippen molar-refractivity contribution in [2.24, 2.45) is 5.92 Å². The molecular weight excluding hydrogens is 315 g/mol. The Labute approximate surface area is 139 Å². The van der Waals surface area contributed by atoms with Gasteiger partial charge in [0.2, 0.25) is 0 Å². The smallest absolute Gasteiger partial charge is 0.376 e. The van der Waals surface area contributed by atoms with Gasteiger partial charge in [0.15, 0.2) is 0 Å². The van der Waals surface area contributed by atoms with Crippen molar-refractivity contribution in [3.05, 3.63) is 71.3 Å². The summed E-state index contributed by atoms with van der Waals surface area (Å²) in [4.78, 5) is 0. The van der Waals surface area contributed by atoms with Crippen molar-refractivity contribution in [2.75, 3.05) is 19.7 Å². The Morgan fingerprint density at radius 2 is 1.67 bits per heavy atom. The fourth-order valence-electron chi connectivity index (χ4n) is 3.12. The van der Waals surface area contributed by atoms with Gasteiger partial charge >= 0.3 is 6.18 Å². The number of hydrogen-bond donors (Lipinski definition) is 1. The first-order chi connectivity index (χ1) is 11.5. The topological polar surface area (TPSA) is 21.3 Å². The Kier molecular flexibility index (Phi) is 5.21. The first-order valence-electron chi connectivity index (χ1n) is 8.03. The second-order valence-electron chi connectivity index (χ2n) is 6.15. The molecule has 0 aromatic heterocycles. The summed E-state index contributed by atoms with van der Waals surface area (Å²) in [7, 11) is 0. The van der Waals surface area contributed by atoms with Crippen LogP contribution in [-0.4, -0.2) is 19.7 Å². The Hall–Kier alpha value is -1.85. The monoisotopic (exact) mass is 335 g/mol. The maximum atomic E-state index is 12.5. The van der Waals surface area contributed by atoms with E-state index in [1.807, 2.05) is 18.2 Å². The lowest BCUT2D eigenvalue weighted by molar-refractivity contribution is -0.137. The number of hydrogen-bond acceptors (Lipinski definition) is 2. The lowest BCUT2D eigenvalue weighted by atomic mass is 9.89. The second-order valence-corrected chi connectivity index (χ2v) is 6.15. The minimum Gasteiger partial charge on any atom is -0.376 e. The van der Waals surface area contributed by atoms with Gasteiger partial charge in [0, 0.05) is 24.9 Å². The molecular formula is C19H20F3NO. The zero-order valence-corrected chi connectivity index (χ0v) is 13.2. The van der Waals surface area contributed by atoms with Gasteiger partial charge in [-0.25, -0.2) is 0 Å². The minimum atomic E-state index is -4.29. The maximum Gasteiger partial charge on any atom is 0.416 e. The molecule has 1 N–H and O–H groups in total. The Morgan fingerprint density at radius 3 is 2.33 bits per heavy atom. The maximum absolute atomic E-state index is 12.5. The van der Waals surface area contributed by atoms with Crippen molar-refractivity contribution in [1.29, 1.82) is 0 Å². The standard InChI is InChI=1S/C19H20F3NO/c20-19(21,22)17-8-6-14(7-9-17)12-24-13-16-10-23-11-18(16)15-4-2-1-3-5-15/h1-9,16,18,23H,10-13H2. The molecule has 1 fully saturated rings. The van der Waals surface area contributed by atoms with Gasteiger partial charge < -0.3 is 10.1 Å². The number of benzene rings is 2. The highest BCUT2D eigenvalue weighted by Crippen LogP contribution is 2.30. The summed E-state index contributed by atoms with van der Waals surface area (Å²) < 4.78 is 43.4. The zero-order valence-electron chi connectivity index (χ0n) is 13.2. The quantitative estimate of drug-likeness (QED) is 0.883. The molecule has 0 saturated carbocycles. The normalized spacial score (nSPS) is 21.1. The van der Waals surface area contributed by atoms with Gasteiger partial charge in [0.1, 0.15) is 0 Å². The molecule has 0 radical (unpaired) electrons. The highest BCUT2D eigenvalue weighted by atomic mass is 19.4. The van der Waals surface area contributed by atoms with E-state index < -0.39 is 11.7 Å². The molecule has 0 amide bonds. The molecule has 0 spiro atoms. The SMILES string of the molecule is FC(F)(F)c1ccc(COCC2CNCC2c2ccccc2)cc1. The molecule has 1 heterocycles. The van der Waals surface area contributed by atoms with Gasteiger partial charge in [-0.3, -0.25) is 0 Å². The van der Waals surface area contributed by atoms with E-state index in [2.05, 4.69) is 17.4 Å². The largest absolute Gasteiger partial charge is 0.416 e. The van der Waals surface area contributed by atoms with Crippen LogP contribution in [0.5, 0.6) is 0 Å². The third kappa shape index (κ3) is 4.16. The van der Waals surface area contributed by atoms with Crippen molar-refractivity contribution >= 4 is 0 Å². The second kappa shape index (κ2) is 7.36. The van der Waals surface area contributed by atoms with Crippen LogP contribution < -0.4 is 5.32 Å². The molecule has 3 rings (SSSR count). The zero-order chi connectivity index (χ0) is 17.0. The lowest BCUT2D eigenvalue weighted by Crippen LogP contribution is -2.17. The van der Waals surface area contributed by atoms with E-state index in [1.165, 1.54) is 17.7 Å². The summed E-state index contributed by atoms with van der Waals surface area (Å²) in [6.07, 6.45) is -4.29. The highest BCUT2D eigenvalue weighted by molar-refractivity contribution is 5.24. The third-order valence-corrected chi connectivity index (χ3v) is 4.45. The average molecular weight is 335 g/mol. The minimum absolute atomic E-state index is 0.330. The number of alkyl halides is 3. The Balaban J connectivity index is 1.52. The first kappa shape index (κ1) is 17.0. The average Bonchev–Trinajstić information content (AvgIpc) is 3.04. The molecule has 2 aromatic carbocycles.